The Balaban J connectivity index is 0.943. The van der Waals surface area contributed by atoms with Gasteiger partial charge in [-0.2, -0.15) is 0 Å². The molecule has 2 saturated heterocycles. The number of methoxy groups -OCH3 is 2. The summed E-state index contributed by atoms with van der Waals surface area (Å²) in [7, 11) is 2.58. The van der Waals surface area contributed by atoms with Gasteiger partial charge in [0.2, 0.25) is 11.8 Å². The number of rotatable bonds is 11. The molecular formula is C47H56N8O8. The number of hydrogen-bond acceptors (Lipinski definition) is 10. The summed E-state index contributed by atoms with van der Waals surface area (Å²) < 4.78 is 23.1. The molecule has 3 fully saturated rings. The summed E-state index contributed by atoms with van der Waals surface area (Å²) in [6.45, 7) is 9.17. The van der Waals surface area contributed by atoms with E-state index in [4.69, 9.17) is 28.9 Å². The van der Waals surface area contributed by atoms with Crippen LogP contribution in [0.4, 0.5) is 9.59 Å². The second kappa shape index (κ2) is 17.1. The van der Waals surface area contributed by atoms with Crippen molar-refractivity contribution in [1.82, 2.24) is 40.4 Å². The van der Waals surface area contributed by atoms with Gasteiger partial charge in [0.15, 0.2) is 0 Å². The molecule has 4 amide bonds. The summed E-state index contributed by atoms with van der Waals surface area (Å²) in [5.41, 5.74) is 7.82. The molecule has 0 spiro atoms. The van der Waals surface area contributed by atoms with E-state index in [1.54, 1.807) is 0 Å². The van der Waals surface area contributed by atoms with Crippen LogP contribution in [0.2, 0.25) is 0 Å². The smallest absolute Gasteiger partial charge is 0.407 e. The van der Waals surface area contributed by atoms with Crippen molar-refractivity contribution >= 4 is 35.1 Å². The second-order valence-electron chi connectivity index (χ2n) is 17.9. The summed E-state index contributed by atoms with van der Waals surface area (Å²) in [4.78, 5) is 71.7. The predicted octanol–water partition coefficient (Wildman–Crippen LogP) is 7.03. The zero-order valence-electron chi connectivity index (χ0n) is 36.7. The maximum Gasteiger partial charge on any atom is 0.407 e. The Morgan fingerprint density at radius 3 is 1.71 bits per heavy atom. The molecule has 9 rings (SSSR count). The number of H-pyrrole nitrogens is 2. The molecule has 332 valence electrons. The van der Waals surface area contributed by atoms with Crippen molar-refractivity contribution in [3.8, 4) is 34.0 Å². The third-order valence-electron chi connectivity index (χ3n) is 13.2. The van der Waals surface area contributed by atoms with E-state index in [1.165, 1.54) is 19.8 Å². The van der Waals surface area contributed by atoms with Gasteiger partial charge in [-0.3, -0.25) is 9.59 Å². The summed E-state index contributed by atoms with van der Waals surface area (Å²) in [5, 5.41) is 5.43. The topological polar surface area (TPSA) is 193 Å². The van der Waals surface area contributed by atoms with Gasteiger partial charge in [-0.25, -0.2) is 19.6 Å². The third kappa shape index (κ3) is 7.99. The molecule has 0 radical (unpaired) electrons. The minimum absolute atomic E-state index is 0.118. The van der Waals surface area contributed by atoms with Gasteiger partial charge in [-0.15, -0.1) is 0 Å². The first kappa shape index (κ1) is 42.0. The maximum atomic E-state index is 13.7. The summed E-state index contributed by atoms with van der Waals surface area (Å²) in [5.74, 6) is 2.87. The van der Waals surface area contributed by atoms with Crippen LogP contribution in [0.25, 0.3) is 33.7 Å². The Morgan fingerprint density at radius 1 is 0.714 bits per heavy atom. The molecule has 5 aliphatic rings. The van der Waals surface area contributed by atoms with Gasteiger partial charge < -0.3 is 49.3 Å². The van der Waals surface area contributed by atoms with Crippen molar-refractivity contribution in [2.75, 3.05) is 33.9 Å². The number of aromatic amines is 2. The van der Waals surface area contributed by atoms with E-state index < -0.39 is 24.3 Å². The number of nitrogens with one attached hydrogen (secondary N) is 4. The van der Waals surface area contributed by atoms with Crippen molar-refractivity contribution in [2.45, 2.75) is 96.5 Å². The largest absolute Gasteiger partial charge is 0.488 e. The maximum absolute atomic E-state index is 13.7. The summed E-state index contributed by atoms with van der Waals surface area (Å²) in [6.07, 6.45) is 7.62. The normalized spacial score (nSPS) is 21.2. The molecule has 1 unspecified atom stereocenters. The number of likely N-dealkylation sites (tertiary alicyclic amines) is 2. The van der Waals surface area contributed by atoms with Crippen LogP contribution in [0.15, 0.2) is 48.8 Å². The van der Waals surface area contributed by atoms with Crippen molar-refractivity contribution in [3.05, 3.63) is 71.6 Å². The molecule has 4 aromatic rings. The lowest BCUT2D eigenvalue weighted by atomic mass is 9.84. The van der Waals surface area contributed by atoms with Crippen molar-refractivity contribution in [3.63, 3.8) is 0 Å². The highest BCUT2D eigenvalue weighted by molar-refractivity contribution is 6.00. The number of amides is 4. The number of nitrogens with zero attached hydrogens (tertiary/aromatic N) is 4. The lowest BCUT2D eigenvalue weighted by molar-refractivity contribution is -0.136. The van der Waals surface area contributed by atoms with Crippen LogP contribution >= 0.6 is 0 Å². The Kier molecular flexibility index (Phi) is 11.4. The van der Waals surface area contributed by atoms with Crippen LogP contribution in [0, 0.1) is 17.8 Å². The molecule has 63 heavy (non-hydrogen) atoms. The van der Waals surface area contributed by atoms with Crippen molar-refractivity contribution in [2.24, 2.45) is 17.8 Å². The number of hydrogen-bond donors (Lipinski definition) is 4. The van der Waals surface area contributed by atoms with Crippen LogP contribution in [0.3, 0.4) is 0 Å². The fraction of sp³-hybridized carbons (Fsp3) is 0.489. The Bertz CT molecular complexity index is 2450. The van der Waals surface area contributed by atoms with Crippen molar-refractivity contribution < 1.29 is 38.1 Å². The van der Waals surface area contributed by atoms with Crippen LogP contribution in [-0.4, -0.2) is 106 Å². The Labute approximate surface area is 366 Å². The van der Waals surface area contributed by atoms with Crippen LogP contribution in [-0.2, 0) is 19.1 Å². The van der Waals surface area contributed by atoms with Crippen molar-refractivity contribution in [1.29, 1.82) is 0 Å². The van der Waals surface area contributed by atoms with Gasteiger partial charge >= 0.3 is 12.2 Å². The average molecular weight is 861 g/mol. The van der Waals surface area contributed by atoms with E-state index in [0.717, 1.165) is 89.2 Å². The minimum Gasteiger partial charge on any atom is -0.488 e. The van der Waals surface area contributed by atoms with Gasteiger partial charge in [-0.05, 0) is 62.5 Å². The Hall–Kier alpha value is -6.32. The summed E-state index contributed by atoms with van der Waals surface area (Å²) in [6, 6.07) is 10.6. The molecule has 6 heterocycles. The molecule has 2 aromatic heterocycles. The number of imidazole rings is 2. The molecule has 5 atom stereocenters. The van der Waals surface area contributed by atoms with Gasteiger partial charge in [0, 0.05) is 52.4 Å². The predicted molar refractivity (Wildman–Crippen MR) is 233 cm³/mol. The summed E-state index contributed by atoms with van der Waals surface area (Å²) >= 11 is 0. The van der Waals surface area contributed by atoms with Gasteiger partial charge in [0.25, 0.3) is 0 Å². The van der Waals surface area contributed by atoms with E-state index in [1.807, 2.05) is 49.9 Å². The number of fused-ring (bicyclic) bond motifs is 4. The third-order valence-corrected chi connectivity index (χ3v) is 13.2. The molecule has 4 aliphatic heterocycles. The Morgan fingerprint density at radius 2 is 1.22 bits per heavy atom. The highest BCUT2D eigenvalue weighted by Gasteiger charge is 2.44. The number of alkyl carbamates (subject to hydrolysis) is 2. The SMILES string of the molecule is COC(=O)N[C@H](C(=O)N1CCC[C@H]1c1ncc(-c2ccc3c(c2)OC(C2CC2)C2=C3COc3cc(-c4cnc([C@@H]5CCCN5C(=O)[C@@H](NC(=O)OC)C(C)C)[nH]4)ccc32)[nH]1)C(C)C. The van der Waals surface area contributed by atoms with E-state index in [2.05, 4.69) is 57.0 Å². The lowest BCUT2D eigenvalue weighted by Crippen LogP contribution is -2.51. The standard InChI is InChI=1S/C47H56N8O8/c1-24(2)39(52-46(58)60-5)44(56)54-17-7-9-34(54)42-48-21-32(50-42)27-14-16-30-36(19-27)62-23-31-29-15-13-28(20-37(29)63-41(38(30)31)26-11-12-26)33-22-49-43(51-33)35-10-8-18-55(35)45(57)40(25(3)4)53-47(59)61-6/h13-16,19-22,24-26,34-35,39-41H,7-12,17-18,23H2,1-6H3,(H,48,50)(H,49,51)(H,52,58)(H,53,59)/t34-,35-,39-,40-,41?/m0/s1. The lowest BCUT2D eigenvalue weighted by Gasteiger charge is -2.35. The van der Waals surface area contributed by atoms with Crippen LogP contribution in [0.5, 0.6) is 11.5 Å². The van der Waals surface area contributed by atoms with E-state index >= 15 is 0 Å². The fourth-order valence-corrected chi connectivity index (χ4v) is 9.62. The van der Waals surface area contributed by atoms with Gasteiger partial charge in [0.05, 0.1) is 50.1 Å². The van der Waals surface area contributed by atoms with E-state index in [-0.39, 0.29) is 41.8 Å². The molecule has 2 aromatic carbocycles. The highest BCUT2D eigenvalue weighted by atomic mass is 16.5. The molecule has 1 aliphatic carbocycles. The number of carbonyl (C=O) groups is 4. The molecular weight excluding hydrogens is 805 g/mol. The highest BCUT2D eigenvalue weighted by Crippen LogP contribution is 2.52. The fourth-order valence-electron chi connectivity index (χ4n) is 9.62. The van der Waals surface area contributed by atoms with Crippen LogP contribution in [0.1, 0.15) is 101 Å². The quantitative estimate of drug-likeness (QED) is 0.122. The minimum atomic E-state index is -0.706. The number of carbonyl (C=O) groups excluding carboxylic acids is 4. The first-order valence-corrected chi connectivity index (χ1v) is 22.2. The molecule has 0 bridgehead atoms. The zero-order chi connectivity index (χ0) is 44.1. The van der Waals surface area contributed by atoms with E-state index in [0.29, 0.717) is 37.3 Å². The molecule has 4 N–H and O–H groups in total. The van der Waals surface area contributed by atoms with Crippen LogP contribution < -0.4 is 20.1 Å². The first-order valence-electron chi connectivity index (χ1n) is 22.2. The average Bonchev–Trinajstić information content (AvgIpc) is 3.75. The van der Waals surface area contributed by atoms with Gasteiger partial charge in [-0.1, -0.05) is 52.0 Å². The molecule has 1 saturated carbocycles. The zero-order valence-corrected chi connectivity index (χ0v) is 36.7. The molecule has 16 heteroatoms. The van der Waals surface area contributed by atoms with Gasteiger partial charge in [0.1, 0.15) is 47.9 Å². The van der Waals surface area contributed by atoms with E-state index in [9.17, 15) is 19.2 Å². The number of ether oxygens (including phenoxy) is 4. The second-order valence-corrected chi connectivity index (χ2v) is 17.9. The monoisotopic (exact) mass is 860 g/mol. The first-order chi connectivity index (χ1) is 30.4. The number of benzene rings is 2. The number of aromatic nitrogens is 4. The molecule has 16 nitrogen and oxygen atoms in total.